The standard InChI is InChI=1S/C11H10N2O/c1-7-9-5-3-4-6-10(9)13-11(14)8(2)12-7/h3-6H,1-2H3. The molecule has 0 fully saturated rings. The predicted octanol–water partition coefficient (Wildman–Crippen LogP) is 1.61. The van der Waals surface area contributed by atoms with E-state index in [1.807, 2.05) is 31.2 Å². The molecule has 0 atom stereocenters. The molecule has 14 heavy (non-hydrogen) atoms. The molecule has 0 unspecified atom stereocenters. The van der Waals surface area contributed by atoms with E-state index in [1.54, 1.807) is 6.92 Å². The second kappa shape index (κ2) is 3.18. The molecule has 0 amide bonds. The average Bonchev–Trinajstić information content (AvgIpc) is 2.27. The zero-order valence-corrected chi connectivity index (χ0v) is 8.11. The number of rotatable bonds is 0. The van der Waals surface area contributed by atoms with E-state index in [1.165, 1.54) is 0 Å². The Kier molecular flexibility index (Phi) is 2.00. The van der Waals surface area contributed by atoms with E-state index in [0.29, 0.717) is 11.2 Å². The number of para-hydroxylation sites is 1. The van der Waals surface area contributed by atoms with Crippen molar-refractivity contribution in [3.05, 3.63) is 46.0 Å². The molecule has 0 saturated carbocycles. The SMILES string of the molecule is Cc1nc(C)c2ccccc2nc1=O. The molecule has 0 bridgehead atoms. The Balaban J connectivity index is 3.05. The molecular weight excluding hydrogens is 176 g/mol. The highest BCUT2D eigenvalue weighted by molar-refractivity contribution is 5.79. The molecule has 1 aromatic heterocycles. The number of benzene rings is 1. The summed E-state index contributed by atoms with van der Waals surface area (Å²) in [5, 5.41) is 0.928. The molecule has 0 saturated heterocycles. The number of hydrogen-bond donors (Lipinski definition) is 0. The summed E-state index contributed by atoms with van der Waals surface area (Å²) in [6.07, 6.45) is 0. The van der Waals surface area contributed by atoms with Crippen molar-refractivity contribution in [2.24, 2.45) is 0 Å². The number of nitrogens with zero attached hydrogens (tertiary/aromatic N) is 2. The minimum atomic E-state index is -0.255. The van der Waals surface area contributed by atoms with Crippen LogP contribution in [0.15, 0.2) is 29.1 Å². The summed E-state index contributed by atoms with van der Waals surface area (Å²) in [7, 11) is 0. The third-order valence-electron chi connectivity index (χ3n) is 2.16. The van der Waals surface area contributed by atoms with Gasteiger partial charge in [-0.2, -0.15) is 0 Å². The number of hydrogen-bond acceptors (Lipinski definition) is 3. The van der Waals surface area contributed by atoms with Crippen LogP contribution in [0, 0.1) is 13.8 Å². The highest BCUT2D eigenvalue weighted by atomic mass is 16.1. The zero-order valence-electron chi connectivity index (χ0n) is 8.11. The smallest absolute Gasteiger partial charge is 0.265 e. The minimum absolute atomic E-state index is 0.255. The molecule has 0 aliphatic heterocycles. The van der Waals surface area contributed by atoms with Gasteiger partial charge in [0.05, 0.1) is 5.52 Å². The fourth-order valence-electron chi connectivity index (χ4n) is 1.43. The van der Waals surface area contributed by atoms with Gasteiger partial charge in [0.15, 0.2) is 0 Å². The van der Waals surface area contributed by atoms with E-state index in [0.717, 1.165) is 11.1 Å². The highest BCUT2D eigenvalue weighted by Gasteiger charge is 2.00. The van der Waals surface area contributed by atoms with Crippen LogP contribution < -0.4 is 5.56 Å². The molecule has 3 nitrogen and oxygen atoms in total. The van der Waals surface area contributed by atoms with E-state index in [4.69, 9.17) is 0 Å². The predicted molar refractivity (Wildman–Crippen MR) is 55.3 cm³/mol. The third kappa shape index (κ3) is 1.37. The van der Waals surface area contributed by atoms with Gasteiger partial charge < -0.3 is 0 Å². The molecule has 0 spiro atoms. The Morgan fingerprint density at radius 1 is 1.00 bits per heavy atom. The second-order valence-corrected chi connectivity index (χ2v) is 3.22. The maximum atomic E-state index is 11.4. The van der Waals surface area contributed by atoms with Crippen molar-refractivity contribution in [1.29, 1.82) is 0 Å². The maximum absolute atomic E-state index is 11.4. The molecule has 3 heteroatoms. The lowest BCUT2D eigenvalue weighted by Gasteiger charge is -1.91. The van der Waals surface area contributed by atoms with Crippen LogP contribution in [0.3, 0.4) is 0 Å². The van der Waals surface area contributed by atoms with Crippen molar-refractivity contribution in [1.82, 2.24) is 9.97 Å². The topological polar surface area (TPSA) is 42.9 Å². The summed E-state index contributed by atoms with van der Waals surface area (Å²) in [4.78, 5) is 19.6. The van der Waals surface area contributed by atoms with Gasteiger partial charge in [0, 0.05) is 11.1 Å². The van der Waals surface area contributed by atoms with Crippen LogP contribution in [-0.2, 0) is 0 Å². The molecule has 0 aliphatic rings. The van der Waals surface area contributed by atoms with Gasteiger partial charge in [-0.05, 0) is 19.9 Å². The Morgan fingerprint density at radius 2 is 1.71 bits per heavy atom. The van der Waals surface area contributed by atoms with E-state index >= 15 is 0 Å². The molecule has 0 aliphatic carbocycles. The quantitative estimate of drug-likeness (QED) is 0.627. The third-order valence-corrected chi connectivity index (χ3v) is 2.16. The second-order valence-electron chi connectivity index (χ2n) is 3.22. The maximum Gasteiger partial charge on any atom is 0.291 e. The largest absolute Gasteiger partial charge is 0.291 e. The highest BCUT2D eigenvalue weighted by Crippen LogP contribution is 2.11. The molecule has 2 aromatic rings. The van der Waals surface area contributed by atoms with Gasteiger partial charge in [-0.3, -0.25) is 9.78 Å². The normalized spacial score (nSPS) is 10.4. The first kappa shape index (κ1) is 8.81. The summed E-state index contributed by atoms with van der Waals surface area (Å²) in [5.41, 5.74) is 1.73. The fraction of sp³-hybridized carbons (Fsp3) is 0.182. The van der Waals surface area contributed by atoms with Gasteiger partial charge in [0.25, 0.3) is 5.56 Å². The number of aryl methyl sites for hydroxylation is 2. The monoisotopic (exact) mass is 186 g/mol. The minimum Gasteiger partial charge on any atom is -0.265 e. The summed E-state index contributed by atoms with van der Waals surface area (Å²) in [6, 6.07) is 7.52. The van der Waals surface area contributed by atoms with Crippen LogP contribution in [0.2, 0.25) is 0 Å². The molecule has 1 aromatic carbocycles. The Hall–Kier alpha value is -1.77. The van der Waals surface area contributed by atoms with Crippen molar-refractivity contribution < 1.29 is 0 Å². The van der Waals surface area contributed by atoms with Crippen LogP contribution in [0.5, 0.6) is 0 Å². The molecule has 0 N–H and O–H groups in total. The van der Waals surface area contributed by atoms with Gasteiger partial charge in [-0.25, -0.2) is 4.98 Å². The first-order valence-corrected chi connectivity index (χ1v) is 4.43. The summed E-state index contributed by atoms with van der Waals surface area (Å²) < 4.78 is 0. The van der Waals surface area contributed by atoms with E-state index in [-0.39, 0.29) is 5.56 Å². The lowest BCUT2D eigenvalue weighted by Crippen LogP contribution is -2.06. The molecule has 0 radical (unpaired) electrons. The summed E-state index contributed by atoms with van der Waals surface area (Å²) in [5.74, 6) is 0. The van der Waals surface area contributed by atoms with Crippen LogP contribution >= 0.6 is 0 Å². The van der Waals surface area contributed by atoms with Crippen molar-refractivity contribution in [3.63, 3.8) is 0 Å². The van der Waals surface area contributed by atoms with E-state index in [9.17, 15) is 4.79 Å². The molecular formula is C11H10N2O. The van der Waals surface area contributed by atoms with Crippen molar-refractivity contribution in [2.75, 3.05) is 0 Å². The molecule has 2 rings (SSSR count). The van der Waals surface area contributed by atoms with Gasteiger partial charge in [-0.15, -0.1) is 0 Å². The van der Waals surface area contributed by atoms with Crippen molar-refractivity contribution in [3.8, 4) is 0 Å². The summed E-state index contributed by atoms with van der Waals surface area (Å²) >= 11 is 0. The summed E-state index contributed by atoms with van der Waals surface area (Å²) in [6.45, 7) is 3.57. The van der Waals surface area contributed by atoms with Crippen LogP contribution in [0.1, 0.15) is 11.4 Å². The Labute approximate surface area is 81.5 Å². The lowest BCUT2D eigenvalue weighted by molar-refractivity contribution is 1.11. The lowest BCUT2D eigenvalue weighted by atomic mass is 10.2. The Morgan fingerprint density at radius 3 is 2.50 bits per heavy atom. The number of aromatic nitrogens is 2. The fourth-order valence-corrected chi connectivity index (χ4v) is 1.43. The number of fused-ring (bicyclic) bond motifs is 1. The first-order chi connectivity index (χ1) is 6.68. The van der Waals surface area contributed by atoms with Crippen molar-refractivity contribution >= 4 is 10.9 Å². The van der Waals surface area contributed by atoms with Gasteiger partial charge >= 0.3 is 0 Å². The van der Waals surface area contributed by atoms with Gasteiger partial charge in [0.1, 0.15) is 5.69 Å². The zero-order chi connectivity index (χ0) is 10.1. The molecule has 1 heterocycles. The van der Waals surface area contributed by atoms with Crippen LogP contribution in [0.25, 0.3) is 10.9 Å². The van der Waals surface area contributed by atoms with E-state index < -0.39 is 0 Å². The van der Waals surface area contributed by atoms with Crippen LogP contribution in [0.4, 0.5) is 0 Å². The first-order valence-electron chi connectivity index (χ1n) is 4.43. The van der Waals surface area contributed by atoms with Gasteiger partial charge in [-0.1, -0.05) is 18.2 Å². The van der Waals surface area contributed by atoms with Crippen molar-refractivity contribution in [2.45, 2.75) is 13.8 Å². The van der Waals surface area contributed by atoms with Gasteiger partial charge in [0.2, 0.25) is 0 Å². The average molecular weight is 186 g/mol. The molecule has 70 valence electrons. The van der Waals surface area contributed by atoms with Crippen LogP contribution in [-0.4, -0.2) is 9.97 Å². The Bertz CT molecular complexity index is 549. The van der Waals surface area contributed by atoms with E-state index in [2.05, 4.69) is 9.97 Å².